The minimum Gasteiger partial charge on any atom is -0.322 e. The molecule has 0 fully saturated rings. The number of benzene rings is 3. The van der Waals surface area contributed by atoms with Gasteiger partial charge in [0.2, 0.25) is 10.0 Å². The Hall–Kier alpha value is -3.01. The maximum atomic E-state index is 12.8. The molecule has 3 rings (SSSR count). The van der Waals surface area contributed by atoms with Crippen LogP contribution in [0.5, 0.6) is 0 Å². The van der Waals surface area contributed by atoms with Crippen molar-refractivity contribution in [1.29, 1.82) is 0 Å². The third kappa shape index (κ3) is 5.57. The van der Waals surface area contributed by atoms with Gasteiger partial charge in [-0.2, -0.15) is 4.31 Å². The first-order valence-corrected chi connectivity index (χ1v) is 12.6. The molecule has 0 radical (unpaired) electrons. The predicted octanol–water partition coefficient (Wildman–Crippen LogP) is 3.16. The second kappa shape index (κ2) is 9.01. The zero-order chi connectivity index (χ0) is 22.6. The van der Waals surface area contributed by atoms with E-state index in [0.717, 1.165) is 11.8 Å². The highest BCUT2D eigenvalue weighted by Crippen LogP contribution is 2.19. The van der Waals surface area contributed by atoms with Crippen molar-refractivity contribution >= 4 is 31.5 Å². The van der Waals surface area contributed by atoms with Crippen molar-refractivity contribution in [1.82, 2.24) is 4.31 Å². The van der Waals surface area contributed by atoms with Crippen molar-refractivity contribution in [3.05, 3.63) is 90.0 Å². The van der Waals surface area contributed by atoms with E-state index in [1.165, 1.54) is 59.9 Å². The van der Waals surface area contributed by atoms with Gasteiger partial charge in [-0.25, -0.2) is 16.8 Å². The zero-order valence-electron chi connectivity index (χ0n) is 17.0. The SMILES string of the molecule is CN(Cc1ccccc1)S(=O)(=O)c1ccc(C(=O)Nc2ccc(S(C)(=O)=O)cc2)cc1. The van der Waals surface area contributed by atoms with E-state index in [1.807, 2.05) is 30.3 Å². The minimum atomic E-state index is -3.71. The standard InChI is InChI=1S/C22H22N2O5S2/c1-24(16-17-6-4-3-5-7-17)31(28,29)21-12-8-18(9-13-21)22(25)23-19-10-14-20(15-11-19)30(2,26)27/h3-15H,16H2,1-2H3,(H,23,25). The van der Waals surface area contributed by atoms with Gasteiger partial charge in [0.1, 0.15) is 0 Å². The number of sulfonamides is 1. The van der Waals surface area contributed by atoms with Crippen LogP contribution in [0.25, 0.3) is 0 Å². The van der Waals surface area contributed by atoms with Gasteiger partial charge in [0.05, 0.1) is 9.79 Å². The van der Waals surface area contributed by atoms with E-state index in [2.05, 4.69) is 5.32 Å². The lowest BCUT2D eigenvalue weighted by molar-refractivity contribution is 0.102. The van der Waals surface area contributed by atoms with Crippen LogP contribution in [-0.2, 0) is 26.4 Å². The summed E-state index contributed by atoms with van der Waals surface area (Å²) in [4.78, 5) is 12.7. The molecule has 7 nitrogen and oxygen atoms in total. The molecule has 0 saturated heterocycles. The number of amides is 1. The summed E-state index contributed by atoms with van der Waals surface area (Å²) >= 11 is 0. The van der Waals surface area contributed by atoms with E-state index in [9.17, 15) is 21.6 Å². The minimum absolute atomic E-state index is 0.0833. The first-order chi connectivity index (χ1) is 14.6. The number of hydrogen-bond acceptors (Lipinski definition) is 5. The largest absolute Gasteiger partial charge is 0.322 e. The molecule has 0 aliphatic carbocycles. The molecule has 0 bridgehead atoms. The lowest BCUT2D eigenvalue weighted by atomic mass is 10.2. The summed E-state index contributed by atoms with van der Waals surface area (Å²) in [5.74, 6) is -0.436. The highest BCUT2D eigenvalue weighted by Gasteiger charge is 2.21. The monoisotopic (exact) mass is 458 g/mol. The fourth-order valence-corrected chi connectivity index (χ4v) is 4.66. The summed E-state index contributed by atoms with van der Waals surface area (Å²) < 4.78 is 49.9. The summed E-state index contributed by atoms with van der Waals surface area (Å²) in [5.41, 5.74) is 1.57. The lowest BCUT2D eigenvalue weighted by Gasteiger charge is -2.17. The molecule has 162 valence electrons. The summed E-state index contributed by atoms with van der Waals surface area (Å²) in [6.07, 6.45) is 1.10. The molecule has 0 saturated carbocycles. The van der Waals surface area contributed by atoms with Crippen molar-refractivity contribution in [3.8, 4) is 0 Å². The third-order valence-electron chi connectivity index (χ3n) is 4.61. The second-order valence-corrected chi connectivity index (χ2v) is 11.1. The molecular formula is C22H22N2O5S2. The van der Waals surface area contributed by atoms with E-state index in [1.54, 1.807) is 0 Å². The van der Waals surface area contributed by atoms with E-state index < -0.39 is 25.8 Å². The number of anilines is 1. The smallest absolute Gasteiger partial charge is 0.255 e. The Morgan fingerprint density at radius 1 is 0.806 bits per heavy atom. The molecular weight excluding hydrogens is 436 g/mol. The average molecular weight is 459 g/mol. The van der Waals surface area contributed by atoms with Gasteiger partial charge in [0.25, 0.3) is 5.91 Å². The van der Waals surface area contributed by atoms with Gasteiger partial charge in [-0.05, 0) is 54.1 Å². The molecule has 3 aromatic rings. The lowest BCUT2D eigenvalue weighted by Crippen LogP contribution is -2.26. The molecule has 0 aromatic heterocycles. The van der Waals surface area contributed by atoms with Crippen LogP contribution in [0.15, 0.2) is 88.7 Å². The fraction of sp³-hybridized carbons (Fsp3) is 0.136. The van der Waals surface area contributed by atoms with Gasteiger partial charge in [0.15, 0.2) is 9.84 Å². The zero-order valence-corrected chi connectivity index (χ0v) is 18.7. The predicted molar refractivity (Wildman–Crippen MR) is 119 cm³/mol. The maximum absolute atomic E-state index is 12.8. The Bertz CT molecular complexity index is 1270. The summed E-state index contributed by atoms with van der Waals surface area (Å²) in [6.45, 7) is 0.231. The van der Waals surface area contributed by atoms with Crippen molar-refractivity contribution in [2.24, 2.45) is 0 Å². The molecule has 31 heavy (non-hydrogen) atoms. The molecule has 0 unspecified atom stereocenters. The third-order valence-corrected chi connectivity index (χ3v) is 7.56. The Morgan fingerprint density at radius 2 is 1.35 bits per heavy atom. The van der Waals surface area contributed by atoms with Gasteiger partial charge in [-0.15, -0.1) is 0 Å². The molecule has 3 aromatic carbocycles. The van der Waals surface area contributed by atoms with Gasteiger partial charge >= 0.3 is 0 Å². The molecule has 0 spiro atoms. The van der Waals surface area contributed by atoms with E-state index in [0.29, 0.717) is 5.69 Å². The molecule has 0 aliphatic rings. The van der Waals surface area contributed by atoms with Gasteiger partial charge in [-0.3, -0.25) is 4.79 Å². The highest BCUT2D eigenvalue weighted by molar-refractivity contribution is 7.90. The van der Waals surface area contributed by atoms with E-state index in [4.69, 9.17) is 0 Å². The van der Waals surface area contributed by atoms with Crippen LogP contribution in [0.1, 0.15) is 15.9 Å². The number of carbonyl (C=O) groups is 1. The fourth-order valence-electron chi connectivity index (χ4n) is 2.87. The Morgan fingerprint density at radius 3 is 1.90 bits per heavy atom. The van der Waals surface area contributed by atoms with E-state index in [-0.39, 0.29) is 21.9 Å². The molecule has 1 N–H and O–H groups in total. The van der Waals surface area contributed by atoms with Crippen LogP contribution in [0.2, 0.25) is 0 Å². The van der Waals surface area contributed by atoms with Gasteiger partial charge < -0.3 is 5.32 Å². The average Bonchev–Trinajstić information content (AvgIpc) is 2.74. The van der Waals surface area contributed by atoms with Crippen LogP contribution in [0, 0.1) is 0 Å². The number of nitrogens with one attached hydrogen (secondary N) is 1. The number of carbonyl (C=O) groups excluding carboxylic acids is 1. The highest BCUT2D eigenvalue weighted by atomic mass is 32.2. The summed E-state index contributed by atoms with van der Waals surface area (Å²) in [6, 6.07) is 20.7. The maximum Gasteiger partial charge on any atom is 0.255 e. The molecule has 0 atom stereocenters. The normalized spacial score (nSPS) is 12.0. The number of rotatable bonds is 7. The van der Waals surface area contributed by atoms with Gasteiger partial charge in [-0.1, -0.05) is 30.3 Å². The second-order valence-electron chi connectivity index (χ2n) is 7.02. The summed E-state index contributed by atoms with van der Waals surface area (Å²) in [7, 11) is -5.53. The Balaban J connectivity index is 1.70. The van der Waals surface area contributed by atoms with Crippen LogP contribution in [0.4, 0.5) is 5.69 Å². The molecule has 9 heteroatoms. The first-order valence-electron chi connectivity index (χ1n) is 9.29. The van der Waals surface area contributed by atoms with Crippen molar-refractivity contribution < 1.29 is 21.6 Å². The Labute approximate surface area is 182 Å². The topological polar surface area (TPSA) is 101 Å². The van der Waals surface area contributed by atoms with Crippen molar-refractivity contribution in [2.75, 3.05) is 18.6 Å². The van der Waals surface area contributed by atoms with Crippen LogP contribution in [-0.4, -0.2) is 40.4 Å². The van der Waals surface area contributed by atoms with Gasteiger partial charge in [0, 0.05) is 31.1 Å². The first kappa shape index (κ1) is 22.7. The number of nitrogens with zero attached hydrogens (tertiary/aromatic N) is 1. The van der Waals surface area contributed by atoms with Crippen LogP contribution >= 0.6 is 0 Å². The van der Waals surface area contributed by atoms with Crippen LogP contribution < -0.4 is 5.32 Å². The number of hydrogen-bond donors (Lipinski definition) is 1. The Kier molecular flexibility index (Phi) is 6.59. The molecule has 0 heterocycles. The van der Waals surface area contributed by atoms with Crippen molar-refractivity contribution in [3.63, 3.8) is 0 Å². The van der Waals surface area contributed by atoms with Crippen LogP contribution in [0.3, 0.4) is 0 Å². The number of sulfone groups is 1. The molecule has 1 amide bonds. The quantitative estimate of drug-likeness (QED) is 0.586. The molecule has 0 aliphatic heterocycles. The van der Waals surface area contributed by atoms with E-state index >= 15 is 0 Å². The summed E-state index contributed by atoms with van der Waals surface area (Å²) in [5, 5.41) is 2.66. The van der Waals surface area contributed by atoms with Crippen molar-refractivity contribution in [2.45, 2.75) is 16.3 Å².